The average molecular weight is 388 g/mol. The van der Waals surface area contributed by atoms with E-state index in [4.69, 9.17) is 5.11 Å². The molecule has 1 N–H and O–H groups in total. The molecular formula is C19H27F3N2O3. The molecule has 0 atom stereocenters. The van der Waals surface area contributed by atoms with E-state index in [2.05, 4.69) is 14.5 Å². The van der Waals surface area contributed by atoms with Crippen LogP contribution in [0.2, 0.25) is 0 Å². The van der Waals surface area contributed by atoms with Gasteiger partial charge in [0.25, 0.3) is 0 Å². The van der Waals surface area contributed by atoms with Crippen LogP contribution in [0.5, 0.6) is 5.75 Å². The molecule has 1 heterocycles. The Kier molecular flexibility index (Phi) is 8.22. The fourth-order valence-corrected chi connectivity index (χ4v) is 3.25. The fraction of sp³-hybridized carbons (Fsp3) is 0.632. The summed E-state index contributed by atoms with van der Waals surface area (Å²) in [5, 5.41) is 8.59. The molecule has 1 aliphatic rings. The molecule has 152 valence electrons. The normalized spacial score (nSPS) is 15.7. The summed E-state index contributed by atoms with van der Waals surface area (Å²) < 4.78 is 41.0. The van der Waals surface area contributed by atoms with Crippen molar-refractivity contribution in [1.82, 2.24) is 4.90 Å². The molecule has 0 aromatic heterocycles. The number of carboxylic acid groups (broad SMARTS) is 1. The van der Waals surface area contributed by atoms with Gasteiger partial charge in [0.05, 0.1) is 0 Å². The third-order valence-corrected chi connectivity index (χ3v) is 4.65. The minimum atomic E-state index is -4.68. The maximum absolute atomic E-state index is 12.3. The van der Waals surface area contributed by atoms with E-state index in [0.29, 0.717) is 0 Å². The summed E-state index contributed by atoms with van der Waals surface area (Å²) in [4.78, 5) is 14.9. The zero-order valence-corrected chi connectivity index (χ0v) is 15.4. The van der Waals surface area contributed by atoms with E-state index in [1.165, 1.54) is 12.1 Å². The van der Waals surface area contributed by atoms with Gasteiger partial charge in [-0.25, -0.2) is 0 Å². The number of piperazine rings is 1. The van der Waals surface area contributed by atoms with Gasteiger partial charge in [-0.2, -0.15) is 0 Å². The van der Waals surface area contributed by atoms with Crippen molar-refractivity contribution in [2.24, 2.45) is 0 Å². The molecule has 0 radical (unpaired) electrons. The van der Waals surface area contributed by atoms with E-state index < -0.39 is 12.3 Å². The Bertz CT molecular complexity index is 588. The molecule has 5 nitrogen and oxygen atoms in total. The number of carbonyl (C=O) groups is 1. The molecule has 1 fully saturated rings. The molecule has 0 aliphatic carbocycles. The lowest BCUT2D eigenvalue weighted by atomic mass is 10.1. The fourth-order valence-electron chi connectivity index (χ4n) is 3.25. The van der Waals surface area contributed by atoms with Gasteiger partial charge >= 0.3 is 12.3 Å². The van der Waals surface area contributed by atoms with Gasteiger partial charge in [-0.1, -0.05) is 25.3 Å². The predicted molar refractivity (Wildman–Crippen MR) is 97.1 cm³/mol. The van der Waals surface area contributed by atoms with Crippen molar-refractivity contribution in [2.45, 2.75) is 44.9 Å². The SMILES string of the molecule is O=C(O)CCCCCCCN1CCN(c2cccc(OC(F)(F)F)c2)CC1. The van der Waals surface area contributed by atoms with E-state index >= 15 is 0 Å². The van der Waals surface area contributed by atoms with Crippen LogP contribution in [0.4, 0.5) is 18.9 Å². The molecule has 2 rings (SSSR count). The minimum absolute atomic E-state index is 0.190. The molecule has 0 spiro atoms. The lowest BCUT2D eigenvalue weighted by Crippen LogP contribution is -2.46. The molecule has 1 aromatic carbocycles. The Morgan fingerprint density at radius 1 is 1.04 bits per heavy atom. The van der Waals surface area contributed by atoms with Crippen LogP contribution in [-0.4, -0.2) is 55.1 Å². The lowest BCUT2D eigenvalue weighted by Gasteiger charge is -2.36. The van der Waals surface area contributed by atoms with Crippen LogP contribution >= 0.6 is 0 Å². The first-order valence-corrected chi connectivity index (χ1v) is 9.38. The van der Waals surface area contributed by atoms with Gasteiger partial charge in [0.2, 0.25) is 0 Å². The highest BCUT2D eigenvalue weighted by Crippen LogP contribution is 2.27. The second kappa shape index (κ2) is 10.4. The molecule has 0 unspecified atom stereocenters. The van der Waals surface area contributed by atoms with Crippen LogP contribution in [0, 0.1) is 0 Å². The van der Waals surface area contributed by atoms with Gasteiger partial charge in [0.15, 0.2) is 0 Å². The summed E-state index contributed by atoms with van der Waals surface area (Å²) in [6, 6.07) is 6.12. The van der Waals surface area contributed by atoms with Crippen molar-refractivity contribution in [3.63, 3.8) is 0 Å². The standard InChI is InChI=1S/C19H27F3N2O3/c20-19(21,22)27-17-8-6-7-16(15-17)24-13-11-23(12-14-24)10-5-3-1-2-4-9-18(25)26/h6-8,15H,1-5,9-14H2,(H,25,26). The Morgan fingerprint density at radius 3 is 2.37 bits per heavy atom. The van der Waals surface area contributed by atoms with Crippen LogP contribution in [0.25, 0.3) is 0 Å². The molecule has 8 heteroatoms. The Labute approximate surface area is 157 Å². The largest absolute Gasteiger partial charge is 0.573 e. The van der Waals surface area contributed by atoms with Crippen molar-refractivity contribution >= 4 is 11.7 Å². The van der Waals surface area contributed by atoms with Crippen LogP contribution < -0.4 is 9.64 Å². The van der Waals surface area contributed by atoms with E-state index in [1.807, 2.05) is 0 Å². The number of hydrogen-bond acceptors (Lipinski definition) is 4. The Balaban J connectivity index is 1.65. The average Bonchev–Trinajstić information content (AvgIpc) is 2.60. The Hall–Kier alpha value is -1.96. The molecule has 1 aromatic rings. The van der Waals surface area contributed by atoms with Crippen molar-refractivity contribution < 1.29 is 27.8 Å². The van der Waals surface area contributed by atoms with Gasteiger partial charge in [-0.15, -0.1) is 13.2 Å². The molecular weight excluding hydrogens is 361 g/mol. The summed E-state index contributed by atoms with van der Waals surface area (Å²) in [5.41, 5.74) is 0.745. The van der Waals surface area contributed by atoms with Crippen LogP contribution in [-0.2, 0) is 4.79 Å². The van der Waals surface area contributed by atoms with Crippen LogP contribution in [0.15, 0.2) is 24.3 Å². The Morgan fingerprint density at radius 2 is 1.70 bits per heavy atom. The lowest BCUT2D eigenvalue weighted by molar-refractivity contribution is -0.274. The van der Waals surface area contributed by atoms with E-state index in [-0.39, 0.29) is 12.2 Å². The van der Waals surface area contributed by atoms with Gasteiger partial charge in [0, 0.05) is 44.4 Å². The molecule has 0 amide bonds. The molecule has 0 bridgehead atoms. The van der Waals surface area contributed by atoms with Crippen LogP contribution in [0.1, 0.15) is 38.5 Å². The number of hydrogen-bond donors (Lipinski definition) is 1. The van der Waals surface area contributed by atoms with Crippen molar-refractivity contribution in [3.8, 4) is 5.75 Å². The van der Waals surface area contributed by atoms with Crippen molar-refractivity contribution in [2.75, 3.05) is 37.6 Å². The first kappa shape index (κ1) is 21.3. The molecule has 1 saturated heterocycles. The third-order valence-electron chi connectivity index (χ3n) is 4.65. The molecule has 0 saturated carbocycles. The number of aliphatic carboxylic acids is 1. The number of halogens is 3. The number of nitrogens with zero attached hydrogens (tertiary/aromatic N) is 2. The van der Waals surface area contributed by atoms with Gasteiger partial charge in [0.1, 0.15) is 5.75 Å². The highest BCUT2D eigenvalue weighted by molar-refractivity contribution is 5.66. The molecule has 27 heavy (non-hydrogen) atoms. The number of rotatable bonds is 10. The zero-order valence-electron chi connectivity index (χ0n) is 15.4. The first-order valence-electron chi connectivity index (χ1n) is 9.38. The highest BCUT2D eigenvalue weighted by Gasteiger charge is 2.31. The zero-order chi connectivity index (χ0) is 19.7. The number of carboxylic acids is 1. The molecule has 1 aliphatic heterocycles. The number of ether oxygens (including phenoxy) is 1. The smallest absolute Gasteiger partial charge is 0.481 e. The second-order valence-corrected chi connectivity index (χ2v) is 6.79. The predicted octanol–water partition coefficient (Wildman–Crippen LogP) is 4.13. The van der Waals surface area contributed by atoms with E-state index in [0.717, 1.165) is 70.5 Å². The summed E-state index contributed by atoms with van der Waals surface area (Å²) in [5.74, 6) is -0.922. The topological polar surface area (TPSA) is 53.0 Å². The van der Waals surface area contributed by atoms with Gasteiger partial charge in [-0.3, -0.25) is 9.69 Å². The quantitative estimate of drug-likeness (QED) is 0.611. The number of anilines is 1. The summed E-state index contributed by atoms with van der Waals surface area (Å²) in [6.45, 7) is 4.30. The third kappa shape index (κ3) is 8.51. The van der Waals surface area contributed by atoms with Crippen molar-refractivity contribution in [3.05, 3.63) is 24.3 Å². The van der Waals surface area contributed by atoms with E-state index in [1.54, 1.807) is 12.1 Å². The summed E-state index contributed by atoms with van der Waals surface area (Å²) >= 11 is 0. The van der Waals surface area contributed by atoms with E-state index in [9.17, 15) is 18.0 Å². The van der Waals surface area contributed by atoms with Gasteiger partial charge in [-0.05, 0) is 31.5 Å². The highest BCUT2D eigenvalue weighted by atomic mass is 19.4. The maximum Gasteiger partial charge on any atom is 0.573 e. The van der Waals surface area contributed by atoms with Crippen LogP contribution in [0.3, 0.4) is 0 Å². The summed E-state index contributed by atoms with van der Waals surface area (Å²) in [7, 11) is 0. The number of unbranched alkanes of at least 4 members (excludes halogenated alkanes) is 4. The first-order chi connectivity index (χ1) is 12.8. The van der Waals surface area contributed by atoms with Crippen molar-refractivity contribution in [1.29, 1.82) is 0 Å². The maximum atomic E-state index is 12.3. The number of alkyl halides is 3. The number of benzene rings is 1. The monoisotopic (exact) mass is 388 g/mol. The minimum Gasteiger partial charge on any atom is -0.481 e. The second-order valence-electron chi connectivity index (χ2n) is 6.79. The summed E-state index contributed by atoms with van der Waals surface area (Å²) in [6.07, 6.45) is 0.502. The van der Waals surface area contributed by atoms with Gasteiger partial charge < -0.3 is 14.7 Å².